The maximum absolute atomic E-state index is 9.03. The van der Waals surface area contributed by atoms with Gasteiger partial charge in [-0.2, -0.15) is 5.10 Å². The number of aromatic nitrogens is 2. The van der Waals surface area contributed by atoms with Crippen LogP contribution in [0.3, 0.4) is 0 Å². The Hall–Kier alpha value is -0.870. The minimum Gasteiger partial charge on any atom is -0.390 e. The van der Waals surface area contributed by atoms with Crippen molar-refractivity contribution in [3.63, 3.8) is 0 Å². The number of nitrogens with zero attached hydrogens (tertiary/aromatic N) is 2. The number of hydrogen-bond acceptors (Lipinski definition) is 2. The van der Waals surface area contributed by atoms with E-state index in [-0.39, 0.29) is 6.61 Å². The molecule has 0 saturated heterocycles. The molecule has 2 rings (SSSR count). The second-order valence-corrected chi connectivity index (χ2v) is 3.81. The summed E-state index contributed by atoms with van der Waals surface area (Å²) in [4.78, 5) is 0. The zero-order valence-corrected chi connectivity index (χ0v) is 8.74. The molecular weight excluding hydrogens is 232 g/mol. The molecular formula is C9H9BrN2O. The van der Waals surface area contributed by atoms with Crippen molar-refractivity contribution >= 4 is 26.8 Å². The Bertz CT molecular complexity index is 450. The van der Waals surface area contributed by atoms with E-state index in [2.05, 4.69) is 21.0 Å². The molecule has 0 saturated carbocycles. The number of halogens is 1. The van der Waals surface area contributed by atoms with Crippen molar-refractivity contribution in [1.82, 2.24) is 9.78 Å². The molecule has 0 radical (unpaired) electrons. The Morgan fingerprint density at radius 1 is 1.54 bits per heavy atom. The van der Waals surface area contributed by atoms with Crippen LogP contribution >= 0.6 is 15.9 Å². The summed E-state index contributed by atoms with van der Waals surface area (Å²) in [5, 5.41) is 14.2. The number of aryl methyl sites for hydroxylation is 1. The lowest BCUT2D eigenvalue weighted by molar-refractivity contribution is 0.277. The van der Waals surface area contributed by atoms with Gasteiger partial charge in [-0.3, -0.25) is 4.68 Å². The Kier molecular flexibility index (Phi) is 2.09. The molecule has 0 amide bonds. The monoisotopic (exact) mass is 240 g/mol. The lowest BCUT2D eigenvalue weighted by atomic mass is 10.2. The van der Waals surface area contributed by atoms with Crippen LogP contribution in [-0.4, -0.2) is 14.9 Å². The average molecular weight is 241 g/mol. The molecule has 0 unspecified atom stereocenters. The maximum atomic E-state index is 9.03. The molecule has 0 bridgehead atoms. The molecule has 1 heterocycles. The second-order valence-electron chi connectivity index (χ2n) is 2.89. The minimum absolute atomic E-state index is 0.0149. The molecule has 0 spiro atoms. The smallest absolute Gasteiger partial charge is 0.0957 e. The van der Waals surface area contributed by atoms with Crippen molar-refractivity contribution < 1.29 is 5.11 Å². The molecule has 4 heteroatoms. The fraction of sp³-hybridized carbons (Fsp3) is 0.222. The predicted molar refractivity (Wildman–Crippen MR) is 54.3 cm³/mol. The highest BCUT2D eigenvalue weighted by Crippen LogP contribution is 2.22. The lowest BCUT2D eigenvalue weighted by Crippen LogP contribution is -1.91. The molecule has 3 nitrogen and oxygen atoms in total. The van der Waals surface area contributed by atoms with E-state index in [1.165, 1.54) is 0 Å². The summed E-state index contributed by atoms with van der Waals surface area (Å²) in [5.41, 5.74) is 1.75. The standard InChI is InChI=1S/C9H9BrN2O/c1-12-9-4-6(10)2-3-7(9)8(5-13)11-12/h2-4,13H,5H2,1H3. The fourth-order valence-electron chi connectivity index (χ4n) is 1.42. The second kappa shape index (κ2) is 3.12. The first-order valence-corrected chi connectivity index (χ1v) is 4.73. The van der Waals surface area contributed by atoms with Crippen LogP contribution in [0.5, 0.6) is 0 Å². The van der Waals surface area contributed by atoms with Crippen molar-refractivity contribution in [3.05, 3.63) is 28.4 Å². The van der Waals surface area contributed by atoms with Crippen LogP contribution in [0.25, 0.3) is 10.9 Å². The van der Waals surface area contributed by atoms with E-state index in [1.54, 1.807) is 4.68 Å². The SMILES string of the molecule is Cn1nc(CO)c2ccc(Br)cc21. The summed E-state index contributed by atoms with van der Waals surface area (Å²) in [6.45, 7) is -0.0149. The summed E-state index contributed by atoms with van der Waals surface area (Å²) in [5.74, 6) is 0. The van der Waals surface area contributed by atoms with Gasteiger partial charge in [-0.15, -0.1) is 0 Å². The average Bonchev–Trinajstić information content (AvgIpc) is 2.43. The van der Waals surface area contributed by atoms with Crippen molar-refractivity contribution in [2.24, 2.45) is 7.05 Å². The fourth-order valence-corrected chi connectivity index (χ4v) is 1.77. The van der Waals surface area contributed by atoms with E-state index < -0.39 is 0 Å². The number of aliphatic hydroxyl groups excluding tert-OH is 1. The molecule has 0 aliphatic carbocycles. The van der Waals surface area contributed by atoms with Gasteiger partial charge in [-0.05, 0) is 18.2 Å². The van der Waals surface area contributed by atoms with Gasteiger partial charge >= 0.3 is 0 Å². The highest BCUT2D eigenvalue weighted by atomic mass is 79.9. The minimum atomic E-state index is -0.0149. The summed E-state index contributed by atoms with van der Waals surface area (Å²) < 4.78 is 2.79. The normalized spacial score (nSPS) is 11.0. The molecule has 68 valence electrons. The van der Waals surface area contributed by atoms with Gasteiger partial charge in [0.15, 0.2) is 0 Å². The molecule has 0 atom stereocenters. The molecule has 1 N–H and O–H groups in total. The van der Waals surface area contributed by atoms with Gasteiger partial charge in [0.2, 0.25) is 0 Å². The molecule has 2 aromatic rings. The Balaban J connectivity index is 2.80. The van der Waals surface area contributed by atoms with Crippen LogP contribution in [0, 0.1) is 0 Å². The van der Waals surface area contributed by atoms with Crippen molar-refractivity contribution in [2.45, 2.75) is 6.61 Å². The highest BCUT2D eigenvalue weighted by Gasteiger charge is 2.06. The van der Waals surface area contributed by atoms with Crippen LogP contribution in [0.15, 0.2) is 22.7 Å². The van der Waals surface area contributed by atoms with Gasteiger partial charge in [0.05, 0.1) is 17.8 Å². The third-order valence-corrected chi connectivity index (χ3v) is 2.53. The predicted octanol–water partition coefficient (Wildman–Crippen LogP) is 1.83. The quantitative estimate of drug-likeness (QED) is 0.827. The van der Waals surface area contributed by atoms with Gasteiger partial charge < -0.3 is 5.11 Å². The summed E-state index contributed by atoms with van der Waals surface area (Å²) in [6, 6.07) is 5.89. The largest absolute Gasteiger partial charge is 0.390 e. The van der Waals surface area contributed by atoms with Crippen LogP contribution < -0.4 is 0 Å². The van der Waals surface area contributed by atoms with E-state index in [4.69, 9.17) is 5.11 Å². The third kappa shape index (κ3) is 1.36. The van der Waals surface area contributed by atoms with Crippen LogP contribution in [-0.2, 0) is 13.7 Å². The van der Waals surface area contributed by atoms with Crippen LogP contribution in [0.4, 0.5) is 0 Å². The topological polar surface area (TPSA) is 38.0 Å². The van der Waals surface area contributed by atoms with E-state index in [9.17, 15) is 0 Å². The van der Waals surface area contributed by atoms with Crippen molar-refractivity contribution in [3.8, 4) is 0 Å². The van der Waals surface area contributed by atoms with Crippen LogP contribution in [0.2, 0.25) is 0 Å². The Morgan fingerprint density at radius 3 is 3.00 bits per heavy atom. The van der Waals surface area contributed by atoms with E-state index in [0.29, 0.717) is 0 Å². The first-order valence-electron chi connectivity index (χ1n) is 3.94. The third-order valence-electron chi connectivity index (χ3n) is 2.04. The summed E-state index contributed by atoms with van der Waals surface area (Å²) in [7, 11) is 1.87. The number of rotatable bonds is 1. The molecule has 13 heavy (non-hydrogen) atoms. The number of benzene rings is 1. The molecule has 0 aliphatic heterocycles. The lowest BCUT2D eigenvalue weighted by Gasteiger charge is -1.94. The molecule has 0 aliphatic rings. The zero-order valence-electron chi connectivity index (χ0n) is 7.16. The van der Waals surface area contributed by atoms with E-state index in [0.717, 1.165) is 21.1 Å². The van der Waals surface area contributed by atoms with Gasteiger partial charge in [0.1, 0.15) is 0 Å². The first-order chi connectivity index (χ1) is 6.22. The molecule has 1 aromatic carbocycles. The van der Waals surface area contributed by atoms with E-state index >= 15 is 0 Å². The van der Waals surface area contributed by atoms with Gasteiger partial charge in [0, 0.05) is 16.9 Å². The summed E-state index contributed by atoms with van der Waals surface area (Å²) in [6.07, 6.45) is 0. The Labute approximate surface area is 84.1 Å². The molecule has 0 fully saturated rings. The van der Waals surface area contributed by atoms with Gasteiger partial charge in [-0.25, -0.2) is 0 Å². The zero-order chi connectivity index (χ0) is 9.42. The maximum Gasteiger partial charge on any atom is 0.0957 e. The van der Waals surface area contributed by atoms with Crippen LogP contribution in [0.1, 0.15) is 5.69 Å². The number of fused-ring (bicyclic) bond motifs is 1. The number of aliphatic hydroxyl groups is 1. The van der Waals surface area contributed by atoms with Gasteiger partial charge in [0.25, 0.3) is 0 Å². The highest BCUT2D eigenvalue weighted by molar-refractivity contribution is 9.10. The van der Waals surface area contributed by atoms with E-state index in [1.807, 2.05) is 25.2 Å². The van der Waals surface area contributed by atoms with Crippen molar-refractivity contribution in [1.29, 1.82) is 0 Å². The van der Waals surface area contributed by atoms with Crippen molar-refractivity contribution in [2.75, 3.05) is 0 Å². The number of hydrogen-bond donors (Lipinski definition) is 1. The first kappa shape index (κ1) is 8.72. The summed E-state index contributed by atoms with van der Waals surface area (Å²) >= 11 is 3.39. The van der Waals surface area contributed by atoms with Gasteiger partial charge in [-0.1, -0.05) is 15.9 Å². The Morgan fingerprint density at radius 2 is 2.31 bits per heavy atom. The molecule has 1 aromatic heterocycles.